The van der Waals surface area contributed by atoms with Gasteiger partial charge in [0.05, 0.1) is 12.6 Å². The quantitative estimate of drug-likeness (QED) is 0.0531. The van der Waals surface area contributed by atoms with Crippen LogP contribution in [0.15, 0.2) is 30.3 Å². The Morgan fingerprint density at radius 3 is 1.72 bits per heavy atom. The summed E-state index contributed by atoms with van der Waals surface area (Å²) in [6.07, 6.45) is -0.585. The van der Waals surface area contributed by atoms with E-state index in [4.69, 9.17) is 5.73 Å². The van der Waals surface area contributed by atoms with E-state index in [-0.39, 0.29) is 44.2 Å². The first kappa shape index (κ1) is 57.5. The van der Waals surface area contributed by atoms with Gasteiger partial charge in [0.2, 0.25) is 41.4 Å². The monoisotopic (exact) mass is 944 g/mol. The maximum atomic E-state index is 14.5. The zero-order valence-electron chi connectivity index (χ0n) is 41.3. The second-order valence-corrected chi connectivity index (χ2v) is 19.5. The fourth-order valence-electron chi connectivity index (χ4n) is 7.59. The Morgan fingerprint density at radius 1 is 0.716 bits per heavy atom. The summed E-state index contributed by atoms with van der Waals surface area (Å²) in [5.74, 6) is -7.88. The van der Waals surface area contributed by atoms with Crippen LogP contribution in [0.25, 0.3) is 0 Å². The Labute approximate surface area is 394 Å². The highest BCUT2D eigenvalue weighted by Gasteiger charge is 2.59. The maximum Gasteiger partial charge on any atom is 0.326 e. The Kier molecular flexibility index (Phi) is 21.9. The molecule has 1 saturated heterocycles. The number of nitrogens with one attached hydrogen (secondary N) is 7. The lowest BCUT2D eigenvalue weighted by Gasteiger charge is -2.55. The van der Waals surface area contributed by atoms with Crippen molar-refractivity contribution in [2.45, 2.75) is 169 Å². The van der Waals surface area contributed by atoms with Crippen LogP contribution in [0.4, 0.5) is 0 Å². The number of aliphatic hydroxyl groups is 1. The molecule has 0 radical (unpaired) electrons. The molecule has 0 unspecified atom stereocenters. The fourth-order valence-corrected chi connectivity index (χ4v) is 7.59. The number of carbonyl (C=O) groups excluding carboxylic acids is 8. The van der Waals surface area contributed by atoms with Gasteiger partial charge in [0.25, 0.3) is 5.91 Å². The Bertz CT molecular complexity index is 1910. The molecule has 20 nitrogen and oxygen atoms in total. The Balaban J connectivity index is 2.36. The van der Waals surface area contributed by atoms with Crippen molar-refractivity contribution >= 4 is 53.2 Å². The molecule has 376 valence electrons. The van der Waals surface area contributed by atoms with Crippen LogP contribution in [0.2, 0.25) is 0 Å². The highest BCUT2D eigenvalue weighted by atomic mass is 16.4. The summed E-state index contributed by atoms with van der Waals surface area (Å²) >= 11 is 0. The third-order valence-electron chi connectivity index (χ3n) is 11.9. The van der Waals surface area contributed by atoms with Crippen LogP contribution in [-0.4, -0.2) is 135 Å². The molecular weight excluding hydrogens is 867 g/mol. The molecule has 1 aliphatic heterocycles. The number of carboxylic acids is 1. The third-order valence-corrected chi connectivity index (χ3v) is 11.9. The summed E-state index contributed by atoms with van der Waals surface area (Å²) < 4.78 is 0. The van der Waals surface area contributed by atoms with Crippen molar-refractivity contribution in [3.8, 4) is 0 Å². The zero-order chi connectivity index (χ0) is 51.1. The van der Waals surface area contributed by atoms with Gasteiger partial charge in [0.1, 0.15) is 47.3 Å². The number of aliphatic carboxylic acids is 1. The molecule has 1 heterocycles. The van der Waals surface area contributed by atoms with E-state index in [9.17, 15) is 53.4 Å². The number of likely N-dealkylation sites (tertiary alicyclic amines) is 1. The van der Waals surface area contributed by atoms with E-state index in [1.54, 1.807) is 71.9 Å². The normalized spacial score (nSPS) is 18.5. The van der Waals surface area contributed by atoms with E-state index < -0.39 is 118 Å². The summed E-state index contributed by atoms with van der Waals surface area (Å²) in [4.78, 5) is 122. The minimum Gasteiger partial charge on any atom is -0.480 e. The first-order valence-electron chi connectivity index (χ1n) is 23.2. The third kappa shape index (κ3) is 16.3. The van der Waals surface area contributed by atoms with Crippen molar-refractivity contribution in [1.82, 2.24) is 42.1 Å². The highest BCUT2D eigenvalue weighted by molar-refractivity contribution is 6.03. The lowest BCUT2D eigenvalue weighted by Crippen LogP contribution is -2.81. The molecule has 1 aromatic rings. The molecule has 0 spiro atoms. The van der Waals surface area contributed by atoms with Crippen molar-refractivity contribution in [2.75, 3.05) is 13.1 Å². The summed E-state index contributed by atoms with van der Waals surface area (Å²) in [5, 5.41) is 38.5. The number of rotatable bonds is 27. The molecule has 20 heteroatoms. The van der Waals surface area contributed by atoms with E-state index in [0.717, 1.165) is 0 Å². The summed E-state index contributed by atoms with van der Waals surface area (Å²) in [6.45, 7) is 19.8. The van der Waals surface area contributed by atoms with E-state index in [1.165, 1.54) is 32.6 Å². The molecule has 9 atom stereocenters. The minimum atomic E-state index is -1.59. The first-order chi connectivity index (χ1) is 31.1. The Morgan fingerprint density at radius 2 is 1.24 bits per heavy atom. The van der Waals surface area contributed by atoms with E-state index in [2.05, 4.69) is 37.2 Å². The predicted octanol–water partition coefficient (Wildman–Crippen LogP) is 0.242. The molecule has 8 amide bonds. The number of carbonyl (C=O) groups is 9. The highest BCUT2D eigenvalue weighted by Crippen LogP contribution is 2.34. The van der Waals surface area contributed by atoms with Gasteiger partial charge in [-0.05, 0) is 69.8 Å². The van der Waals surface area contributed by atoms with Gasteiger partial charge in [0.15, 0.2) is 0 Å². The predicted molar refractivity (Wildman–Crippen MR) is 250 cm³/mol. The summed E-state index contributed by atoms with van der Waals surface area (Å²) in [5.41, 5.74) is 3.11. The summed E-state index contributed by atoms with van der Waals surface area (Å²) in [6, 6.07) is 1.53. The van der Waals surface area contributed by atoms with Crippen LogP contribution in [0.3, 0.4) is 0 Å². The number of benzene rings is 1. The molecule has 11 N–H and O–H groups in total. The molecule has 1 aliphatic rings. The van der Waals surface area contributed by atoms with Crippen LogP contribution in [0, 0.1) is 23.7 Å². The molecule has 2 rings (SSSR count). The maximum absolute atomic E-state index is 14.5. The number of nitrogens with zero attached hydrogens (tertiary/aromatic N) is 1. The number of amides is 8. The van der Waals surface area contributed by atoms with Crippen molar-refractivity contribution in [3.05, 3.63) is 35.9 Å². The van der Waals surface area contributed by atoms with Crippen molar-refractivity contribution in [3.63, 3.8) is 0 Å². The molecule has 0 aliphatic carbocycles. The molecule has 1 aromatic carbocycles. The first-order valence-corrected chi connectivity index (χ1v) is 23.2. The lowest BCUT2D eigenvalue weighted by atomic mass is 9.78. The number of aliphatic hydroxyl groups excluding tert-OH is 1. The van der Waals surface area contributed by atoms with Gasteiger partial charge in [0, 0.05) is 19.4 Å². The van der Waals surface area contributed by atoms with Gasteiger partial charge in [-0.1, -0.05) is 92.1 Å². The number of hydrogen-bond donors (Lipinski definition) is 10. The molecule has 0 bridgehead atoms. The van der Waals surface area contributed by atoms with E-state index >= 15 is 0 Å². The van der Waals surface area contributed by atoms with Gasteiger partial charge in [-0.15, -0.1) is 0 Å². The van der Waals surface area contributed by atoms with E-state index in [0.29, 0.717) is 18.4 Å². The number of nitrogens with two attached hydrogens (primary N) is 1. The number of β-lactam (4-membered cyclic amide) rings is 1. The minimum absolute atomic E-state index is 0.0170. The van der Waals surface area contributed by atoms with Gasteiger partial charge in [-0.2, -0.15) is 0 Å². The average molecular weight is 944 g/mol. The van der Waals surface area contributed by atoms with Crippen molar-refractivity contribution in [2.24, 2.45) is 29.4 Å². The van der Waals surface area contributed by atoms with Crippen LogP contribution in [0.1, 0.15) is 114 Å². The molecule has 0 saturated carbocycles. The molecule has 1 fully saturated rings. The lowest BCUT2D eigenvalue weighted by molar-refractivity contribution is -0.169. The SMILES string of the molecule is CC[C@@H](C)[C@@H](NC(=O)C(C)(C)N1C[C@@](Cc2ccccc2)(NC(=O)[C@H](C)NC(=O)[C@H](CC(C)C)NC(=O)CCN)C1=O)C(=O)N[C@@H](CC(C)C)C(=O)N[C@H](C(=O)N[C@H](C(=O)O)C(C)C)[C@@H](C)O. The largest absolute Gasteiger partial charge is 0.480 e. The van der Waals surface area contributed by atoms with Crippen LogP contribution in [0.5, 0.6) is 0 Å². The fraction of sp³-hybridized carbons (Fsp3) is 0.681. The van der Waals surface area contributed by atoms with Crippen LogP contribution >= 0.6 is 0 Å². The number of carboxylic acid groups (broad SMARTS) is 1. The van der Waals surface area contributed by atoms with Crippen LogP contribution in [-0.2, 0) is 49.6 Å². The standard InChI is InChI=1S/C47H77N9O11/c1-13-28(8)36(41(62)51-33(22-26(4)5)40(61)53-37(30(10)57)42(63)52-35(27(6)7)43(64)65)54-44(66)46(11,12)56-24-47(45(56)67,23-31-17-15-14-16-18-31)55-38(59)29(9)49-39(60)32(21-25(2)3)50-34(58)19-20-48/h14-18,25-30,32-33,35-37,57H,13,19-24,48H2,1-12H3,(H,49,60)(H,50,58)(H,51,62)(H,52,63)(H,53,61)(H,54,66)(H,55,59)(H,64,65)/t28-,29+,30-,32+,33+,35+,36-,37+,47-/m1/s1. The van der Waals surface area contributed by atoms with Crippen LogP contribution < -0.4 is 43.0 Å². The van der Waals surface area contributed by atoms with Gasteiger partial charge >= 0.3 is 5.97 Å². The van der Waals surface area contributed by atoms with Gasteiger partial charge < -0.3 is 58.1 Å². The topological polar surface area (TPSA) is 308 Å². The van der Waals surface area contributed by atoms with Crippen molar-refractivity contribution in [1.29, 1.82) is 0 Å². The molecule has 67 heavy (non-hydrogen) atoms. The van der Waals surface area contributed by atoms with E-state index in [1.807, 2.05) is 13.8 Å². The Hall–Kier alpha value is -5.63. The molecular formula is C47H77N9O11. The second kappa shape index (κ2) is 25.5. The zero-order valence-corrected chi connectivity index (χ0v) is 41.3. The average Bonchev–Trinajstić information content (AvgIpc) is 3.23. The summed E-state index contributed by atoms with van der Waals surface area (Å²) in [7, 11) is 0. The number of hydrogen-bond acceptors (Lipinski definition) is 11. The second-order valence-electron chi connectivity index (χ2n) is 19.5. The van der Waals surface area contributed by atoms with Crippen molar-refractivity contribution < 1.29 is 53.4 Å². The van der Waals surface area contributed by atoms with Gasteiger partial charge in [-0.25, -0.2) is 4.79 Å². The molecule has 0 aromatic heterocycles. The smallest absolute Gasteiger partial charge is 0.326 e. The van der Waals surface area contributed by atoms with Gasteiger partial charge in [-0.3, -0.25) is 38.4 Å².